The largest absolute Gasteiger partial charge is 0.480 e. The van der Waals surface area contributed by atoms with E-state index < -0.39 is 27.8 Å². The molecule has 0 saturated carbocycles. The number of amides is 1. The molecule has 7 nitrogen and oxygen atoms in total. The molecule has 0 radical (unpaired) electrons. The van der Waals surface area contributed by atoms with Crippen molar-refractivity contribution in [2.75, 3.05) is 23.5 Å². The van der Waals surface area contributed by atoms with Gasteiger partial charge in [0.05, 0.1) is 18.5 Å². The van der Waals surface area contributed by atoms with E-state index in [4.69, 9.17) is 16.3 Å². The van der Waals surface area contributed by atoms with Gasteiger partial charge in [0.2, 0.25) is 0 Å². The number of benzene rings is 3. The highest BCUT2D eigenvalue weighted by Crippen LogP contribution is 2.30. The molecule has 3 aromatic carbocycles. The van der Waals surface area contributed by atoms with Gasteiger partial charge >= 0.3 is 5.97 Å². The Kier molecular flexibility index (Phi) is 11.6. The SMILES string of the molecule is CCSC[C@H](OCc1ccc(C(=O)N[C@@H](CCS(C)(=O)=O)C(=O)O)c(-c2ccccc2C)c1)c1cccc(Cl)c1. The van der Waals surface area contributed by atoms with Crippen LogP contribution in [0.3, 0.4) is 0 Å². The molecular weight excluding hydrogens is 570 g/mol. The smallest absolute Gasteiger partial charge is 0.326 e. The zero-order chi connectivity index (χ0) is 29.3. The zero-order valence-corrected chi connectivity index (χ0v) is 25.1. The van der Waals surface area contributed by atoms with E-state index in [1.54, 1.807) is 23.9 Å². The van der Waals surface area contributed by atoms with Crippen LogP contribution in [0.25, 0.3) is 11.1 Å². The molecule has 2 atom stereocenters. The molecule has 1 amide bonds. The Balaban J connectivity index is 1.91. The Morgan fingerprint density at radius 3 is 2.45 bits per heavy atom. The van der Waals surface area contributed by atoms with Crippen LogP contribution in [0.15, 0.2) is 66.7 Å². The summed E-state index contributed by atoms with van der Waals surface area (Å²) in [6, 6.07) is 19.2. The summed E-state index contributed by atoms with van der Waals surface area (Å²) in [5.74, 6) is -0.538. The van der Waals surface area contributed by atoms with Gasteiger partial charge in [-0.25, -0.2) is 13.2 Å². The van der Waals surface area contributed by atoms with E-state index in [1.807, 2.05) is 61.5 Å². The summed E-state index contributed by atoms with van der Waals surface area (Å²) >= 11 is 7.99. The highest BCUT2D eigenvalue weighted by Gasteiger charge is 2.24. The molecule has 0 aliphatic carbocycles. The van der Waals surface area contributed by atoms with Gasteiger partial charge in [-0.05, 0) is 71.2 Å². The van der Waals surface area contributed by atoms with Crippen molar-refractivity contribution >= 4 is 45.1 Å². The van der Waals surface area contributed by atoms with Crippen LogP contribution in [0, 0.1) is 6.92 Å². The molecule has 0 aromatic heterocycles. The monoisotopic (exact) mass is 603 g/mol. The van der Waals surface area contributed by atoms with Crippen LogP contribution in [-0.4, -0.2) is 55.0 Å². The van der Waals surface area contributed by atoms with E-state index in [0.717, 1.165) is 40.0 Å². The number of aliphatic carboxylic acids is 1. The molecule has 0 fully saturated rings. The number of hydrogen-bond acceptors (Lipinski definition) is 6. The van der Waals surface area contributed by atoms with Crippen molar-refractivity contribution in [3.63, 3.8) is 0 Å². The van der Waals surface area contributed by atoms with E-state index in [-0.39, 0.29) is 30.4 Å². The number of hydrogen-bond donors (Lipinski definition) is 2. The zero-order valence-electron chi connectivity index (χ0n) is 22.7. The number of carboxylic acid groups (broad SMARTS) is 1. The minimum Gasteiger partial charge on any atom is -0.480 e. The third-order valence-corrected chi connectivity index (χ3v) is 8.45. The molecule has 0 heterocycles. The standard InChI is InChI=1S/C30H34ClNO6S2/c1-4-39-19-28(22-9-7-10-23(31)17-22)38-18-21-12-13-25(26(16-21)24-11-6-5-8-20(24)2)29(33)32-27(30(34)35)14-15-40(3,36)37/h5-13,16-17,27-28H,4,14-15,18-19H2,1-3H3,(H,32,33)(H,34,35)/t27-,28-/m0/s1. The third-order valence-electron chi connectivity index (χ3n) is 6.29. The summed E-state index contributed by atoms with van der Waals surface area (Å²) in [7, 11) is -3.39. The molecule has 3 rings (SSSR count). The Morgan fingerprint density at radius 2 is 1.80 bits per heavy atom. The van der Waals surface area contributed by atoms with Crippen LogP contribution in [-0.2, 0) is 26.0 Å². The van der Waals surface area contributed by atoms with Crippen LogP contribution in [0.5, 0.6) is 0 Å². The fourth-order valence-electron chi connectivity index (χ4n) is 4.17. The van der Waals surface area contributed by atoms with Crippen molar-refractivity contribution in [3.8, 4) is 11.1 Å². The molecule has 214 valence electrons. The van der Waals surface area contributed by atoms with Crippen LogP contribution in [0.1, 0.15) is 46.5 Å². The lowest BCUT2D eigenvalue weighted by Gasteiger charge is -2.20. The second-order valence-electron chi connectivity index (χ2n) is 9.49. The lowest BCUT2D eigenvalue weighted by molar-refractivity contribution is -0.139. The molecule has 2 N–H and O–H groups in total. The van der Waals surface area contributed by atoms with E-state index >= 15 is 0 Å². The predicted molar refractivity (Wildman–Crippen MR) is 162 cm³/mol. The first-order chi connectivity index (χ1) is 19.0. The average Bonchev–Trinajstić information content (AvgIpc) is 2.90. The summed E-state index contributed by atoms with van der Waals surface area (Å²) in [5.41, 5.74) is 4.51. The van der Waals surface area contributed by atoms with Crippen LogP contribution >= 0.6 is 23.4 Å². The van der Waals surface area contributed by atoms with Gasteiger partial charge in [0.25, 0.3) is 5.91 Å². The minimum atomic E-state index is -3.39. The molecule has 3 aromatic rings. The number of rotatable bonds is 14. The average molecular weight is 604 g/mol. The van der Waals surface area contributed by atoms with Gasteiger partial charge in [-0.2, -0.15) is 11.8 Å². The summed E-state index contributed by atoms with van der Waals surface area (Å²) in [4.78, 5) is 25.1. The Morgan fingerprint density at radius 1 is 1.05 bits per heavy atom. The van der Waals surface area contributed by atoms with Crippen molar-refractivity contribution in [1.29, 1.82) is 0 Å². The third kappa shape index (κ3) is 9.37. The second kappa shape index (κ2) is 14.7. The topological polar surface area (TPSA) is 110 Å². The highest BCUT2D eigenvalue weighted by atomic mass is 35.5. The van der Waals surface area contributed by atoms with Crippen molar-refractivity contribution in [3.05, 3.63) is 94.0 Å². The van der Waals surface area contributed by atoms with Gasteiger partial charge < -0.3 is 15.2 Å². The lowest BCUT2D eigenvalue weighted by Crippen LogP contribution is -2.42. The van der Waals surface area contributed by atoms with Gasteiger partial charge in [-0.1, -0.05) is 61.0 Å². The van der Waals surface area contributed by atoms with Crippen molar-refractivity contribution in [2.24, 2.45) is 0 Å². The molecule has 0 aliphatic heterocycles. The molecule has 0 bridgehead atoms. The Bertz CT molecular complexity index is 1440. The van der Waals surface area contributed by atoms with Crippen LogP contribution in [0.2, 0.25) is 5.02 Å². The van der Waals surface area contributed by atoms with Crippen molar-refractivity contribution in [2.45, 2.75) is 39.0 Å². The minimum absolute atomic E-state index is 0.181. The summed E-state index contributed by atoms with van der Waals surface area (Å²) in [6.45, 7) is 4.31. The first-order valence-electron chi connectivity index (χ1n) is 12.8. The number of nitrogens with one attached hydrogen (secondary N) is 1. The van der Waals surface area contributed by atoms with Gasteiger partial charge in [-0.3, -0.25) is 4.79 Å². The van der Waals surface area contributed by atoms with E-state index in [9.17, 15) is 23.1 Å². The molecular formula is C30H34ClNO6S2. The maximum Gasteiger partial charge on any atom is 0.326 e. The maximum atomic E-state index is 13.3. The molecule has 0 unspecified atom stereocenters. The second-order valence-corrected chi connectivity index (χ2v) is 13.5. The quantitative estimate of drug-likeness (QED) is 0.234. The van der Waals surface area contributed by atoms with Gasteiger partial charge in [0, 0.05) is 22.6 Å². The summed E-state index contributed by atoms with van der Waals surface area (Å²) in [6.07, 6.45) is 0.620. The number of carboxylic acids is 1. The molecule has 40 heavy (non-hydrogen) atoms. The molecule has 10 heteroatoms. The normalized spacial score (nSPS) is 13.0. The number of carbonyl (C=O) groups excluding carboxylic acids is 1. The summed E-state index contributed by atoms with van der Waals surface area (Å²) < 4.78 is 29.5. The van der Waals surface area contributed by atoms with Gasteiger partial charge in [0.1, 0.15) is 15.9 Å². The van der Waals surface area contributed by atoms with Crippen LogP contribution in [0.4, 0.5) is 0 Å². The maximum absolute atomic E-state index is 13.3. The first-order valence-corrected chi connectivity index (χ1v) is 16.4. The molecule has 0 aliphatic rings. The number of sulfone groups is 1. The number of carbonyl (C=O) groups is 2. The number of thioether (sulfide) groups is 1. The van der Waals surface area contributed by atoms with Gasteiger partial charge in [0.15, 0.2) is 0 Å². The van der Waals surface area contributed by atoms with E-state index in [2.05, 4.69) is 12.2 Å². The molecule has 0 spiro atoms. The lowest BCUT2D eigenvalue weighted by atomic mass is 9.93. The van der Waals surface area contributed by atoms with Crippen molar-refractivity contribution < 1.29 is 27.9 Å². The Labute approximate surface area is 245 Å². The van der Waals surface area contributed by atoms with Gasteiger partial charge in [-0.15, -0.1) is 0 Å². The highest BCUT2D eigenvalue weighted by molar-refractivity contribution is 7.99. The fourth-order valence-corrected chi connectivity index (χ4v) is 5.77. The predicted octanol–water partition coefficient (Wildman–Crippen LogP) is 5.94. The Hall–Kier alpha value is -2.85. The first kappa shape index (κ1) is 31.7. The number of halogens is 1. The fraction of sp³-hybridized carbons (Fsp3) is 0.333. The van der Waals surface area contributed by atoms with Crippen molar-refractivity contribution in [1.82, 2.24) is 5.32 Å². The van der Waals surface area contributed by atoms with Crippen LogP contribution < -0.4 is 5.32 Å². The van der Waals surface area contributed by atoms with E-state index in [1.165, 1.54) is 0 Å². The molecule has 0 saturated heterocycles. The summed E-state index contributed by atoms with van der Waals surface area (Å²) in [5, 5.41) is 12.7. The number of ether oxygens (including phenoxy) is 1. The number of aryl methyl sites for hydroxylation is 1. The van der Waals surface area contributed by atoms with E-state index in [0.29, 0.717) is 10.6 Å².